The van der Waals surface area contributed by atoms with Gasteiger partial charge in [-0.2, -0.15) is 13.2 Å². The molecule has 0 radical (unpaired) electrons. The highest BCUT2D eigenvalue weighted by atomic mass is 19.4. The largest absolute Gasteiger partial charge is 0.439 e. The molecule has 178 valence electrons. The smallest absolute Gasteiger partial charge is 0.416 e. The third-order valence-corrected chi connectivity index (χ3v) is 5.35. The minimum atomic E-state index is -4.49. The summed E-state index contributed by atoms with van der Waals surface area (Å²) in [6, 6.07) is 11.0. The highest BCUT2D eigenvalue weighted by Gasteiger charge is 2.31. The molecular weight excluding hydrogens is 463 g/mol. The average Bonchev–Trinajstić information content (AvgIpc) is 3.48. The minimum absolute atomic E-state index is 0.0729. The van der Waals surface area contributed by atoms with Crippen molar-refractivity contribution in [2.45, 2.75) is 19.1 Å². The lowest BCUT2D eigenvalue weighted by Gasteiger charge is -2.19. The van der Waals surface area contributed by atoms with Crippen molar-refractivity contribution in [3.63, 3.8) is 0 Å². The SMILES string of the molecule is O=C(Nc1cccc(C(F)(F)F)c1)N1CCc2cc(Oc3cc(Cn4ccnn4)ncn3)ccc21. The quantitative estimate of drug-likeness (QED) is 0.450. The zero-order valence-corrected chi connectivity index (χ0v) is 18.1. The fraction of sp³-hybridized carbons (Fsp3) is 0.174. The van der Waals surface area contributed by atoms with Gasteiger partial charge in [0, 0.05) is 30.2 Å². The van der Waals surface area contributed by atoms with E-state index >= 15 is 0 Å². The van der Waals surface area contributed by atoms with Gasteiger partial charge in [-0.1, -0.05) is 11.3 Å². The Morgan fingerprint density at radius 2 is 2.00 bits per heavy atom. The second-order valence-electron chi connectivity index (χ2n) is 7.75. The second-order valence-corrected chi connectivity index (χ2v) is 7.75. The van der Waals surface area contributed by atoms with Gasteiger partial charge in [-0.05, 0) is 48.4 Å². The van der Waals surface area contributed by atoms with Crippen molar-refractivity contribution in [3.8, 4) is 11.6 Å². The Morgan fingerprint density at radius 3 is 2.80 bits per heavy atom. The Morgan fingerprint density at radius 1 is 1.11 bits per heavy atom. The van der Waals surface area contributed by atoms with Crippen molar-refractivity contribution in [2.24, 2.45) is 0 Å². The van der Waals surface area contributed by atoms with Crippen molar-refractivity contribution in [2.75, 3.05) is 16.8 Å². The van der Waals surface area contributed by atoms with E-state index in [2.05, 4.69) is 25.6 Å². The first-order chi connectivity index (χ1) is 16.8. The van der Waals surface area contributed by atoms with Crippen LogP contribution in [-0.4, -0.2) is 37.5 Å². The fourth-order valence-electron chi connectivity index (χ4n) is 3.74. The molecule has 0 spiro atoms. The number of ether oxygens (including phenoxy) is 1. The predicted molar refractivity (Wildman–Crippen MR) is 119 cm³/mol. The first-order valence-corrected chi connectivity index (χ1v) is 10.6. The minimum Gasteiger partial charge on any atom is -0.439 e. The van der Waals surface area contributed by atoms with Crippen molar-refractivity contribution in [1.29, 1.82) is 0 Å². The zero-order chi connectivity index (χ0) is 24.4. The normalized spacial score (nSPS) is 12.9. The Bertz CT molecular complexity index is 1360. The Balaban J connectivity index is 1.27. The van der Waals surface area contributed by atoms with E-state index in [4.69, 9.17) is 4.74 Å². The monoisotopic (exact) mass is 481 g/mol. The average molecular weight is 481 g/mol. The van der Waals surface area contributed by atoms with Crippen LogP contribution in [0.5, 0.6) is 11.6 Å². The molecule has 0 aliphatic carbocycles. The van der Waals surface area contributed by atoms with Gasteiger partial charge in [0.05, 0.1) is 24.0 Å². The number of aromatic nitrogens is 5. The Labute approximate surface area is 197 Å². The van der Waals surface area contributed by atoms with Crippen molar-refractivity contribution in [1.82, 2.24) is 25.0 Å². The number of anilines is 2. The lowest BCUT2D eigenvalue weighted by Crippen LogP contribution is -2.33. The summed E-state index contributed by atoms with van der Waals surface area (Å²) in [5, 5.41) is 10.2. The van der Waals surface area contributed by atoms with E-state index in [0.717, 1.165) is 17.7 Å². The molecule has 4 aromatic rings. The summed E-state index contributed by atoms with van der Waals surface area (Å²) < 4.78 is 46.4. The number of alkyl halides is 3. The number of carbonyl (C=O) groups is 1. The van der Waals surface area contributed by atoms with Crippen LogP contribution < -0.4 is 15.0 Å². The fourth-order valence-corrected chi connectivity index (χ4v) is 3.74. The number of fused-ring (bicyclic) bond motifs is 1. The van der Waals surface area contributed by atoms with E-state index < -0.39 is 17.8 Å². The lowest BCUT2D eigenvalue weighted by molar-refractivity contribution is -0.137. The predicted octanol–water partition coefficient (Wildman–Crippen LogP) is 4.52. The third-order valence-electron chi connectivity index (χ3n) is 5.35. The lowest BCUT2D eigenvalue weighted by atomic mass is 10.1. The first-order valence-electron chi connectivity index (χ1n) is 10.6. The maximum Gasteiger partial charge on any atom is 0.416 e. The highest BCUT2D eigenvalue weighted by Crippen LogP contribution is 2.34. The van der Waals surface area contributed by atoms with Crippen molar-refractivity contribution < 1.29 is 22.7 Å². The zero-order valence-electron chi connectivity index (χ0n) is 18.1. The molecule has 0 unspecified atom stereocenters. The van der Waals surface area contributed by atoms with Gasteiger partial charge in [-0.15, -0.1) is 5.10 Å². The standard InChI is InChI=1S/C23H18F3N7O2/c24-23(25,26)16-2-1-3-17(11-16)30-22(34)33-8-6-15-10-19(4-5-20(15)33)35-21-12-18(27-14-28-21)13-32-9-7-29-31-32/h1-5,7,9-12,14H,6,8,13H2,(H,30,34). The molecule has 2 aromatic heterocycles. The van der Waals surface area contributed by atoms with E-state index in [1.165, 1.54) is 23.4 Å². The molecule has 0 atom stereocenters. The van der Waals surface area contributed by atoms with Gasteiger partial charge in [-0.3, -0.25) is 4.90 Å². The number of hydrogen-bond acceptors (Lipinski definition) is 6. The Hall–Kier alpha value is -4.48. The van der Waals surface area contributed by atoms with Crippen LogP contribution in [0.4, 0.5) is 29.3 Å². The third kappa shape index (κ3) is 5.05. The van der Waals surface area contributed by atoms with Crippen LogP contribution in [0.3, 0.4) is 0 Å². The van der Waals surface area contributed by atoms with Crippen LogP contribution in [0.25, 0.3) is 0 Å². The number of nitrogens with one attached hydrogen (secondary N) is 1. The number of benzene rings is 2. The molecule has 0 saturated carbocycles. The number of halogens is 3. The molecule has 12 heteroatoms. The van der Waals surface area contributed by atoms with Crippen LogP contribution >= 0.6 is 0 Å². The number of amides is 2. The maximum absolute atomic E-state index is 13.0. The van der Waals surface area contributed by atoms with E-state index in [-0.39, 0.29) is 5.69 Å². The van der Waals surface area contributed by atoms with Crippen LogP contribution in [0.2, 0.25) is 0 Å². The number of urea groups is 1. The summed E-state index contributed by atoms with van der Waals surface area (Å²) in [5.74, 6) is 0.890. The van der Waals surface area contributed by atoms with Gasteiger partial charge in [0.15, 0.2) is 0 Å². The van der Waals surface area contributed by atoms with E-state index in [9.17, 15) is 18.0 Å². The number of hydrogen-bond donors (Lipinski definition) is 1. The molecule has 1 aliphatic rings. The van der Waals surface area contributed by atoms with Crippen LogP contribution in [0, 0.1) is 0 Å². The van der Waals surface area contributed by atoms with Gasteiger partial charge >= 0.3 is 12.2 Å². The van der Waals surface area contributed by atoms with Gasteiger partial charge in [-0.25, -0.2) is 19.4 Å². The van der Waals surface area contributed by atoms with E-state index in [1.54, 1.807) is 35.3 Å². The summed E-state index contributed by atoms with van der Waals surface area (Å²) in [4.78, 5) is 22.6. The number of carbonyl (C=O) groups excluding carboxylic acids is 1. The summed E-state index contributed by atoms with van der Waals surface area (Å²) >= 11 is 0. The van der Waals surface area contributed by atoms with Crippen LogP contribution in [-0.2, 0) is 19.1 Å². The molecular formula is C23H18F3N7O2. The van der Waals surface area contributed by atoms with Crippen molar-refractivity contribution in [3.05, 3.63) is 84.1 Å². The molecule has 2 amide bonds. The van der Waals surface area contributed by atoms with Gasteiger partial charge in [0.25, 0.3) is 0 Å². The van der Waals surface area contributed by atoms with E-state index in [1.807, 2.05) is 6.07 Å². The van der Waals surface area contributed by atoms with E-state index in [0.29, 0.717) is 42.5 Å². The van der Waals surface area contributed by atoms with Crippen LogP contribution in [0.15, 0.2) is 67.3 Å². The van der Waals surface area contributed by atoms with Crippen molar-refractivity contribution >= 4 is 17.4 Å². The summed E-state index contributed by atoms with van der Waals surface area (Å²) in [5.41, 5.74) is 1.48. The summed E-state index contributed by atoms with van der Waals surface area (Å²) in [7, 11) is 0. The Kier molecular flexibility index (Phi) is 5.77. The number of nitrogens with zero attached hydrogens (tertiary/aromatic N) is 6. The van der Waals surface area contributed by atoms with Gasteiger partial charge in [0.2, 0.25) is 5.88 Å². The number of rotatable bonds is 5. The van der Waals surface area contributed by atoms with Crippen LogP contribution in [0.1, 0.15) is 16.8 Å². The molecule has 35 heavy (non-hydrogen) atoms. The molecule has 0 fully saturated rings. The molecule has 2 aromatic carbocycles. The molecule has 5 rings (SSSR count). The molecule has 1 aliphatic heterocycles. The van der Waals surface area contributed by atoms with Gasteiger partial charge in [0.1, 0.15) is 12.1 Å². The highest BCUT2D eigenvalue weighted by molar-refractivity contribution is 6.03. The van der Waals surface area contributed by atoms with Gasteiger partial charge < -0.3 is 10.1 Å². The molecule has 0 bridgehead atoms. The maximum atomic E-state index is 13.0. The molecule has 3 heterocycles. The first kappa shape index (κ1) is 22.3. The summed E-state index contributed by atoms with van der Waals surface area (Å²) in [6.07, 6.45) is 0.779. The second kappa shape index (κ2) is 9.05. The molecule has 0 saturated heterocycles. The molecule has 9 nitrogen and oxygen atoms in total. The topological polar surface area (TPSA) is 98.1 Å². The molecule has 1 N–H and O–H groups in total. The summed E-state index contributed by atoms with van der Waals surface area (Å²) in [6.45, 7) is 0.804.